The molecular formula is C22H19BrN2O3S. The van der Waals surface area contributed by atoms with Crippen molar-refractivity contribution in [1.82, 2.24) is 4.98 Å². The quantitative estimate of drug-likeness (QED) is 0.511. The van der Waals surface area contributed by atoms with Crippen LogP contribution in [0.4, 0.5) is 5.00 Å². The molecular weight excluding hydrogens is 452 g/mol. The van der Waals surface area contributed by atoms with Gasteiger partial charge in [-0.1, -0.05) is 18.2 Å². The van der Waals surface area contributed by atoms with Crippen LogP contribution in [0.15, 0.2) is 46.5 Å². The topological polar surface area (TPSA) is 68.3 Å². The van der Waals surface area contributed by atoms with Gasteiger partial charge in [0.25, 0.3) is 5.91 Å². The summed E-state index contributed by atoms with van der Waals surface area (Å²) in [5.74, 6) is -0.801. The molecule has 0 bridgehead atoms. The van der Waals surface area contributed by atoms with Gasteiger partial charge in [-0.2, -0.15) is 0 Å². The molecule has 0 aliphatic heterocycles. The average molecular weight is 471 g/mol. The van der Waals surface area contributed by atoms with Gasteiger partial charge in [0.05, 0.1) is 12.7 Å². The van der Waals surface area contributed by atoms with Gasteiger partial charge in [0.15, 0.2) is 0 Å². The average Bonchev–Trinajstić information content (AvgIpc) is 3.16. The van der Waals surface area contributed by atoms with E-state index >= 15 is 0 Å². The highest BCUT2D eigenvalue weighted by molar-refractivity contribution is 9.10. The monoisotopic (exact) mass is 470 g/mol. The van der Waals surface area contributed by atoms with Crippen LogP contribution in [0.3, 0.4) is 0 Å². The van der Waals surface area contributed by atoms with Crippen molar-refractivity contribution in [1.29, 1.82) is 0 Å². The van der Waals surface area contributed by atoms with E-state index in [1.807, 2.05) is 11.4 Å². The number of aryl methyl sites for hydroxylation is 2. The molecule has 1 aliphatic rings. The zero-order chi connectivity index (χ0) is 20.4. The van der Waals surface area contributed by atoms with Crippen LogP contribution in [-0.2, 0) is 17.6 Å². The Hall–Kier alpha value is -2.51. The van der Waals surface area contributed by atoms with Crippen molar-refractivity contribution in [2.24, 2.45) is 0 Å². The van der Waals surface area contributed by atoms with Crippen molar-refractivity contribution in [3.8, 4) is 11.1 Å². The molecule has 1 aromatic carbocycles. The van der Waals surface area contributed by atoms with Crippen LogP contribution < -0.4 is 5.32 Å². The number of hydrogen-bond acceptors (Lipinski definition) is 5. The van der Waals surface area contributed by atoms with Crippen molar-refractivity contribution in [3.05, 3.63) is 68.8 Å². The van der Waals surface area contributed by atoms with Gasteiger partial charge in [0.2, 0.25) is 0 Å². The molecule has 1 N–H and O–H groups in total. The minimum absolute atomic E-state index is 0.331. The summed E-state index contributed by atoms with van der Waals surface area (Å²) < 4.78 is 5.72. The number of fused-ring (bicyclic) bond motifs is 1. The van der Waals surface area contributed by atoms with Crippen LogP contribution in [0.1, 0.15) is 44.7 Å². The van der Waals surface area contributed by atoms with Gasteiger partial charge in [-0.25, -0.2) is 4.79 Å². The Morgan fingerprint density at radius 2 is 1.93 bits per heavy atom. The van der Waals surface area contributed by atoms with Crippen LogP contribution >= 0.6 is 27.3 Å². The molecule has 0 spiro atoms. The highest BCUT2D eigenvalue weighted by Gasteiger charge is 2.23. The second-order valence-electron chi connectivity index (χ2n) is 6.88. The molecule has 1 aliphatic carbocycles. The van der Waals surface area contributed by atoms with E-state index in [1.165, 1.54) is 48.6 Å². The van der Waals surface area contributed by atoms with Gasteiger partial charge >= 0.3 is 5.97 Å². The predicted molar refractivity (Wildman–Crippen MR) is 118 cm³/mol. The lowest BCUT2D eigenvalue weighted by Gasteiger charge is -2.16. The number of ether oxygens (including phenoxy) is 1. The van der Waals surface area contributed by atoms with Crippen LogP contribution in [0.2, 0.25) is 0 Å². The lowest BCUT2D eigenvalue weighted by Crippen LogP contribution is -2.14. The number of methoxy groups -OCH3 is 1. The fourth-order valence-electron chi connectivity index (χ4n) is 3.58. The van der Waals surface area contributed by atoms with Gasteiger partial charge in [0.1, 0.15) is 10.6 Å². The molecule has 0 unspecified atom stereocenters. The number of rotatable bonds is 4. The number of carbonyl (C=O) groups is 2. The summed E-state index contributed by atoms with van der Waals surface area (Å²) in [5.41, 5.74) is 5.24. The van der Waals surface area contributed by atoms with E-state index in [0.29, 0.717) is 20.6 Å². The molecule has 148 valence electrons. The van der Waals surface area contributed by atoms with E-state index in [4.69, 9.17) is 4.74 Å². The minimum atomic E-state index is -0.471. The van der Waals surface area contributed by atoms with Gasteiger partial charge in [-0.05, 0) is 64.4 Å². The van der Waals surface area contributed by atoms with Crippen molar-refractivity contribution in [2.75, 3.05) is 12.4 Å². The maximum atomic E-state index is 12.6. The number of nitrogens with one attached hydrogen (secondary N) is 1. The van der Waals surface area contributed by atoms with Gasteiger partial charge < -0.3 is 10.1 Å². The Labute approximate surface area is 181 Å². The summed E-state index contributed by atoms with van der Waals surface area (Å²) in [4.78, 5) is 29.2. The molecule has 1 amide bonds. The molecule has 4 rings (SSSR count). The maximum Gasteiger partial charge on any atom is 0.341 e. The summed E-state index contributed by atoms with van der Waals surface area (Å²) in [5, 5.41) is 5.20. The van der Waals surface area contributed by atoms with Crippen LogP contribution in [-0.4, -0.2) is 24.0 Å². The van der Waals surface area contributed by atoms with Crippen molar-refractivity contribution >= 4 is 44.1 Å². The van der Waals surface area contributed by atoms with Gasteiger partial charge in [0, 0.05) is 27.8 Å². The highest BCUT2D eigenvalue weighted by Crippen LogP contribution is 2.38. The standard InChI is InChI=1S/C22H19BrN2O3S/c1-28-22(27)19-18(15-7-6-13-4-2-3-5-14(13)8-15)12-29-21(19)25-20(26)16-9-17(23)11-24-10-16/h6-12H,2-5H2,1H3,(H,25,26). The molecule has 5 nitrogen and oxygen atoms in total. The number of benzene rings is 1. The summed E-state index contributed by atoms with van der Waals surface area (Å²) in [6.07, 6.45) is 7.65. The highest BCUT2D eigenvalue weighted by atomic mass is 79.9. The fraction of sp³-hybridized carbons (Fsp3) is 0.227. The largest absolute Gasteiger partial charge is 0.465 e. The second-order valence-corrected chi connectivity index (χ2v) is 8.68. The normalized spacial score (nSPS) is 12.9. The van der Waals surface area contributed by atoms with E-state index in [0.717, 1.165) is 24.0 Å². The molecule has 7 heteroatoms. The van der Waals surface area contributed by atoms with E-state index in [-0.39, 0.29) is 5.91 Å². The Morgan fingerprint density at radius 3 is 2.69 bits per heavy atom. The Kier molecular flexibility index (Phi) is 5.78. The smallest absolute Gasteiger partial charge is 0.341 e. The number of esters is 1. The summed E-state index contributed by atoms with van der Waals surface area (Å²) in [6, 6.07) is 8.03. The number of hydrogen-bond donors (Lipinski definition) is 1. The first-order valence-corrected chi connectivity index (χ1v) is 11.0. The van der Waals surface area contributed by atoms with E-state index < -0.39 is 5.97 Å². The SMILES string of the molecule is COC(=O)c1c(-c2ccc3c(c2)CCCC3)csc1NC(=O)c1cncc(Br)c1. The lowest BCUT2D eigenvalue weighted by atomic mass is 9.89. The number of thiophene rings is 1. The van der Waals surface area contributed by atoms with Crippen LogP contribution in [0.25, 0.3) is 11.1 Å². The molecule has 0 saturated carbocycles. The molecule has 2 heterocycles. The first-order chi connectivity index (χ1) is 14.1. The lowest BCUT2D eigenvalue weighted by molar-refractivity contribution is 0.0603. The molecule has 29 heavy (non-hydrogen) atoms. The van der Waals surface area contributed by atoms with Crippen LogP contribution in [0, 0.1) is 0 Å². The molecule has 0 atom stereocenters. The Bertz CT molecular complexity index is 1090. The summed E-state index contributed by atoms with van der Waals surface area (Å²) >= 11 is 4.63. The molecule has 3 aromatic rings. The fourth-order valence-corrected chi connectivity index (χ4v) is 4.90. The predicted octanol–water partition coefficient (Wildman–Crippen LogP) is 5.49. The van der Waals surface area contributed by atoms with E-state index in [9.17, 15) is 9.59 Å². The van der Waals surface area contributed by atoms with Gasteiger partial charge in [-0.15, -0.1) is 11.3 Å². The summed E-state index contributed by atoms with van der Waals surface area (Å²) in [7, 11) is 1.35. The Morgan fingerprint density at radius 1 is 1.14 bits per heavy atom. The number of nitrogens with zero attached hydrogens (tertiary/aromatic N) is 1. The number of anilines is 1. The van der Waals surface area contributed by atoms with Gasteiger partial charge in [-0.3, -0.25) is 9.78 Å². The number of amides is 1. The molecule has 0 radical (unpaired) electrons. The third-order valence-corrected chi connectivity index (χ3v) is 6.36. The van der Waals surface area contributed by atoms with E-state index in [2.05, 4.69) is 38.4 Å². The number of aromatic nitrogens is 1. The number of pyridine rings is 1. The van der Waals surface area contributed by atoms with Crippen molar-refractivity contribution < 1.29 is 14.3 Å². The zero-order valence-corrected chi connectivity index (χ0v) is 18.2. The minimum Gasteiger partial charge on any atom is -0.465 e. The van der Waals surface area contributed by atoms with Crippen molar-refractivity contribution in [2.45, 2.75) is 25.7 Å². The van der Waals surface area contributed by atoms with Crippen LogP contribution in [0.5, 0.6) is 0 Å². The maximum absolute atomic E-state index is 12.6. The Balaban J connectivity index is 1.70. The second kappa shape index (κ2) is 8.47. The molecule has 0 fully saturated rings. The molecule has 2 aromatic heterocycles. The first kappa shape index (κ1) is 19.8. The summed E-state index contributed by atoms with van der Waals surface area (Å²) in [6.45, 7) is 0. The third-order valence-electron chi connectivity index (χ3n) is 5.03. The third kappa shape index (κ3) is 4.11. The first-order valence-electron chi connectivity index (χ1n) is 9.30. The molecule has 0 saturated heterocycles. The number of carbonyl (C=O) groups excluding carboxylic acids is 2. The van der Waals surface area contributed by atoms with Crippen molar-refractivity contribution in [3.63, 3.8) is 0 Å². The van der Waals surface area contributed by atoms with E-state index in [1.54, 1.807) is 12.3 Å². The number of halogens is 1. The zero-order valence-electron chi connectivity index (χ0n) is 15.8.